The monoisotopic (exact) mass is 475 g/mol. The summed E-state index contributed by atoms with van der Waals surface area (Å²) in [5, 5.41) is -0.170. The largest absolute Gasteiger partial charge is 0.378 e. The van der Waals surface area contributed by atoms with Gasteiger partial charge >= 0.3 is 0 Å². The second-order valence-corrected chi connectivity index (χ2v) is 10.9. The molecule has 3 aliphatic rings. The average Bonchev–Trinajstić information content (AvgIpc) is 3.71. The summed E-state index contributed by atoms with van der Waals surface area (Å²) in [6.45, 7) is 3.67. The molecule has 2 saturated heterocycles. The van der Waals surface area contributed by atoms with Crippen molar-refractivity contribution in [1.82, 2.24) is 29.2 Å². The molecule has 13 heteroatoms. The van der Waals surface area contributed by atoms with Crippen LogP contribution in [0.5, 0.6) is 0 Å². The molecule has 2 N–H and O–H groups in total. The fourth-order valence-electron chi connectivity index (χ4n) is 4.22. The second-order valence-electron chi connectivity index (χ2n) is 8.67. The first kappa shape index (κ1) is 22.2. The minimum Gasteiger partial charge on any atom is -0.378 e. The lowest BCUT2D eigenvalue weighted by Gasteiger charge is -2.36. The van der Waals surface area contributed by atoms with Crippen LogP contribution in [-0.2, 0) is 14.8 Å². The molecule has 2 aliphatic heterocycles. The molecule has 2 aromatic heterocycles. The van der Waals surface area contributed by atoms with Crippen LogP contribution in [0.2, 0.25) is 0 Å². The fourth-order valence-corrected chi connectivity index (χ4v) is 6.10. The van der Waals surface area contributed by atoms with Gasteiger partial charge in [-0.3, -0.25) is 0 Å². The minimum atomic E-state index is -3.14. The maximum atomic E-state index is 12.6. The lowest BCUT2D eigenvalue weighted by atomic mass is 10.1. The van der Waals surface area contributed by atoms with Gasteiger partial charge in [0.25, 0.3) is 0 Å². The Morgan fingerprint density at radius 2 is 1.67 bits per heavy atom. The SMILES string of the molecule is CN(c1nc(-c2cnc(N)nc2)nc(N2CCOCC2)n1)C1CCN(S(=O)(=O)C2CC2)CC1. The van der Waals surface area contributed by atoms with Crippen LogP contribution in [0, 0.1) is 0 Å². The van der Waals surface area contributed by atoms with Crippen LogP contribution < -0.4 is 15.5 Å². The summed E-state index contributed by atoms with van der Waals surface area (Å²) in [6.07, 6.45) is 6.23. The summed E-state index contributed by atoms with van der Waals surface area (Å²) in [5.74, 6) is 1.78. The predicted octanol–water partition coefficient (Wildman–Crippen LogP) is 0.140. The molecule has 0 radical (unpaired) electrons. The summed E-state index contributed by atoms with van der Waals surface area (Å²) in [7, 11) is -1.18. The Bertz CT molecular complexity index is 1080. The molecule has 0 bridgehead atoms. The first-order chi connectivity index (χ1) is 15.9. The number of anilines is 3. The number of piperidine rings is 1. The zero-order chi connectivity index (χ0) is 23.0. The van der Waals surface area contributed by atoms with Crippen molar-refractivity contribution < 1.29 is 13.2 Å². The van der Waals surface area contributed by atoms with Gasteiger partial charge in [-0.15, -0.1) is 0 Å². The van der Waals surface area contributed by atoms with Gasteiger partial charge in [-0.05, 0) is 25.7 Å². The molecule has 0 amide bonds. The van der Waals surface area contributed by atoms with E-state index in [9.17, 15) is 8.42 Å². The van der Waals surface area contributed by atoms with Gasteiger partial charge in [0.1, 0.15) is 0 Å². The highest BCUT2D eigenvalue weighted by Crippen LogP contribution is 2.33. The van der Waals surface area contributed by atoms with Crippen molar-refractivity contribution in [3.63, 3.8) is 0 Å². The average molecular weight is 476 g/mol. The first-order valence-electron chi connectivity index (χ1n) is 11.3. The summed E-state index contributed by atoms with van der Waals surface area (Å²) < 4.78 is 32.3. The molecular weight excluding hydrogens is 446 g/mol. The van der Waals surface area contributed by atoms with E-state index in [1.807, 2.05) is 11.9 Å². The Labute approximate surface area is 193 Å². The molecule has 178 valence electrons. The molecule has 12 nitrogen and oxygen atoms in total. The summed E-state index contributed by atoms with van der Waals surface area (Å²) in [4.78, 5) is 26.4. The molecular formula is C20H29N9O3S. The van der Waals surface area contributed by atoms with Gasteiger partial charge in [-0.1, -0.05) is 0 Å². The van der Waals surface area contributed by atoms with E-state index < -0.39 is 10.0 Å². The van der Waals surface area contributed by atoms with Gasteiger partial charge in [-0.25, -0.2) is 22.7 Å². The smallest absolute Gasteiger partial charge is 0.230 e. The molecule has 0 atom stereocenters. The minimum absolute atomic E-state index is 0.131. The van der Waals surface area contributed by atoms with Crippen LogP contribution in [0.15, 0.2) is 12.4 Å². The number of sulfonamides is 1. The highest BCUT2D eigenvalue weighted by molar-refractivity contribution is 7.90. The van der Waals surface area contributed by atoms with Crippen LogP contribution in [0.3, 0.4) is 0 Å². The van der Waals surface area contributed by atoms with Crippen molar-refractivity contribution >= 4 is 27.9 Å². The van der Waals surface area contributed by atoms with Gasteiger partial charge in [0, 0.05) is 51.7 Å². The Hall–Kier alpha value is -2.64. The van der Waals surface area contributed by atoms with Gasteiger partial charge in [0.05, 0.1) is 24.0 Å². The molecule has 1 aliphatic carbocycles. The molecule has 3 fully saturated rings. The number of nitrogens with two attached hydrogens (primary N) is 1. The Morgan fingerprint density at radius 1 is 1.00 bits per heavy atom. The fraction of sp³-hybridized carbons (Fsp3) is 0.650. The lowest BCUT2D eigenvalue weighted by Crippen LogP contribution is -2.47. The number of ether oxygens (including phenoxy) is 1. The summed E-state index contributed by atoms with van der Waals surface area (Å²) >= 11 is 0. The maximum absolute atomic E-state index is 12.6. The zero-order valence-corrected chi connectivity index (χ0v) is 19.5. The highest BCUT2D eigenvalue weighted by Gasteiger charge is 2.41. The Morgan fingerprint density at radius 3 is 2.30 bits per heavy atom. The van der Waals surface area contributed by atoms with E-state index in [4.69, 9.17) is 20.4 Å². The lowest BCUT2D eigenvalue weighted by molar-refractivity contribution is 0.122. The molecule has 0 aromatic carbocycles. The van der Waals surface area contributed by atoms with Crippen LogP contribution in [0.25, 0.3) is 11.4 Å². The number of morpholine rings is 1. The molecule has 1 saturated carbocycles. The molecule has 5 rings (SSSR count). The van der Waals surface area contributed by atoms with Crippen molar-refractivity contribution in [2.75, 3.05) is 62.0 Å². The van der Waals surface area contributed by atoms with Crippen molar-refractivity contribution in [2.24, 2.45) is 0 Å². The van der Waals surface area contributed by atoms with Crippen LogP contribution in [0.4, 0.5) is 17.8 Å². The van der Waals surface area contributed by atoms with Gasteiger partial charge in [-0.2, -0.15) is 15.0 Å². The van der Waals surface area contributed by atoms with Gasteiger partial charge in [0.15, 0.2) is 5.82 Å². The number of aromatic nitrogens is 5. The van der Waals surface area contributed by atoms with E-state index in [0.717, 1.165) is 25.7 Å². The van der Waals surface area contributed by atoms with E-state index in [2.05, 4.69) is 19.9 Å². The summed E-state index contributed by atoms with van der Waals surface area (Å²) in [5.41, 5.74) is 6.29. The number of hydrogen-bond acceptors (Lipinski definition) is 11. The molecule has 0 unspecified atom stereocenters. The second kappa shape index (κ2) is 8.95. The van der Waals surface area contributed by atoms with E-state index in [1.165, 1.54) is 0 Å². The highest BCUT2D eigenvalue weighted by atomic mass is 32.2. The van der Waals surface area contributed by atoms with Crippen molar-refractivity contribution in [3.8, 4) is 11.4 Å². The number of nitrogen functional groups attached to an aromatic ring is 1. The first-order valence-corrected chi connectivity index (χ1v) is 12.8. The summed E-state index contributed by atoms with van der Waals surface area (Å²) in [6, 6.07) is 0.131. The molecule has 0 spiro atoms. The van der Waals surface area contributed by atoms with Gasteiger partial charge in [0.2, 0.25) is 27.9 Å². The maximum Gasteiger partial charge on any atom is 0.230 e. The third-order valence-corrected chi connectivity index (χ3v) is 8.83. The number of nitrogens with zero attached hydrogens (tertiary/aromatic N) is 8. The van der Waals surface area contributed by atoms with Gasteiger partial charge < -0.3 is 20.3 Å². The third kappa shape index (κ3) is 4.70. The molecule has 2 aromatic rings. The van der Waals surface area contributed by atoms with Crippen LogP contribution in [0.1, 0.15) is 25.7 Å². The Kier molecular flexibility index (Phi) is 6.01. The van der Waals surface area contributed by atoms with Crippen LogP contribution in [-0.4, -0.2) is 95.4 Å². The third-order valence-electron chi connectivity index (χ3n) is 6.43. The molecule has 33 heavy (non-hydrogen) atoms. The topological polar surface area (TPSA) is 144 Å². The van der Waals surface area contributed by atoms with E-state index >= 15 is 0 Å². The predicted molar refractivity (Wildman–Crippen MR) is 123 cm³/mol. The number of hydrogen-bond donors (Lipinski definition) is 1. The van der Waals surface area contributed by atoms with E-state index in [-0.39, 0.29) is 17.2 Å². The quantitative estimate of drug-likeness (QED) is 0.609. The van der Waals surface area contributed by atoms with Crippen molar-refractivity contribution in [1.29, 1.82) is 0 Å². The number of rotatable bonds is 6. The van der Waals surface area contributed by atoms with Crippen molar-refractivity contribution in [2.45, 2.75) is 37.0 Å². The van der Waals surface area contributed by atoms with E-state index in [0.29, 0.717) is 62.7 Å². The molecule has 4 heterocycles. The standard InChI is InChI=1S/C20H29N9O3S/c1-27(15-4-6-29(7-5-15)33(30,31)16-2-3-16)19-24-17(14-12-22-18(21)23-13-14)25-20(26-19)28-8-10-32-11-9-28/h12-13,15-16H,2-11H2,1H3,(H2,21,22,23). The normalized spacial score (nSPS) is 20.7. The van der Waals surface area contributed by atoms with Crippen LogP contribution >= 0.6 is 0 Å². The van der Waals surface area contributed by atoms with E-state index in [1.54, 1.807) is 16.7 Å². The Balaban J connectivity index is 1.39. The zero-order valence-electron chi connectivity index (χ0n) is 18.7. The van der Waals surface area contributed by atoms with Crippen molar-refractivity contribution in [3.05, 3.63) is 12.4 Å².